The van der Waals surface area contributed by atoms with Crippen molar-refractivity contribution in [2.75, 3.05) is 7.11 Å². The summed E-state index contributed by atoms with van der Waals surface area (Å²) in [4.78, 5) is 0. The van der Waals surface area contributed by atoms with E-state index in [0.29, 0.717) is 17.0 Å². The van der Waals surface area contributed by atoms with Crippen molar-refractivity contribution in [3.05, 3.63) is 34.6 Å². The van der Waals surface area contributed by atoms with Gasteiger partial charge >= 0.3 is 0 Å². The minimum absolute atomic E-state index is 0.232. The number of rotatable bonds is 3. The molecule has 0 aromatic heterocycles. The van der Waals surface area contributed by atoms with Crippen LogP contribution in [0.3, 0.4) is 0 Å². The Morgan fingerprint density at radius 3 is 3.00 bits per heavy atom. The van der Waals surface area contributed by atoms with Gasteiger partial charge in [-0.3, -0.25) is 0 Å². The van der Waals surface area contributed by atoms with E-state index in [1.807, 2.05) is 0 Å². The summed E-state index contributed by atoms with van der Waals surface area (Å²) < 4.78 is 19.1. The number of benzene rings is 1. The summed E-state index contributed by atoms with van der Waals surface area (Å²) in [5, 5.41) is 11.2. The molecule has 0 spiro atoms. The molecule has 0 amide bonds. The fraction of sp³-hybridized carbons (Fsp3) is 0.571. The number of halogens is 2. The zero-order valence-corrected chi connectivity index (χ0v) is 11.2. The van der Waals surface area contributed by atoms with Gasteiger partial charge in [0.15, 0.2) is 0 Å². The van der Waals surface area contributed by atoms with Crippen molar-refractivity contribution in [2.45, 2.75) is 43.8 Å². The highest BCUT2D eigenvalue weighted by molar-refractivity contribution is 6.30. The van der Waals surface area contributed by atoms with Crippen molar-refractivity contribution in [3.63, 3.8) is 0 Å². The molecule has 1 aliphatic rings. The lowest BCUT2D eigenvalue weighted by molar-refractivity contribution is -0.116. The molecule has 2 rings (SSSR count). The van der Waals surface area contributed by atoms with E-state index >= 15 is 0 Å². The molecule has 0 heterocycles. The van der Waals surface area contributed by atoms with E-state index in [0.717, 1.165) is 19.3 Å². The van der Waals surface area contributed by atoms with Crippen LogP contribution >= 0.6 is 11.6 Å². The highest BCUT2D eigenvalue weighted by Gasteiger charge is 2.39. The predicted octanol–water partition coefficient (Wildman–Crippen LogP) is 3.34. The summed E-state index contributed by atoms with van der Waals surface area (Å²) in [5.41, 5.74) is -0.535. The van der Waals surface area contributed by atoms with Crippen LogP contribution in [0, 0.1) is 5.82 Å². The van der Waals surface area contributed by atoms with Crippen molar-refractivity contribution in [1.29, 1.82) is 0 Å². The number of aliphatic hydroxyl groups is 1. The molecule has 1 aromatic carbocycles. The molecule has 2 nitrogen and oxygen atoms in total. The second-order valence-corrected chi connectivity index (χ2v) is 5.42. The molecule has 2 atom stereocenters. The van der Waals surface area contributed by atoms with E-state index in [1.54, 1.807) is 13.2 Å². The van der Waals surface area contributed by atoms with Gasteiger partial charge in [0.05, 0.1) is 11.7 Å². The molecule has 0 radical (unpaired) electrons. The summed E-state index contributed by atoms with van der Waals surface area (Å²) in [5.74, 6) is -0.326. The topological polar surface area (TPSA) is 29.5 Å². The van der Waals surface area contributed by atoms with Crippen LogP contribution in [0.15, 0.2) is 18.2 Å². The molecule has 1 aliphatic carbocycles. The van der Waals surface area contributed by atoms with Gasteiger partial charge in [-0.2, -0.15) is 0 Å². The van der Waals surface area contributed by atoms with Gasteiger partial charge in [-0.25, -0.2) is 4.39 Å². The van der Waals surface area contributed by atoms with Crippen LogP contribution < -0.4 is 0 Å². The molecule has 1 N–H and O–H groups in total. The Morgan fingerprint density at radius 1 is 1.50 bits per heavy atom. The number of hydrogen-bond donors (Lipinski definition) is 1. The maximum absolute atomic E-state index is 13.7. The smallest absolute Gasteiger partial charge is 0.126 e. The van der Waals surface area contributed by atoms with Gasteiger partial charge in [-0.05, 0) is 36.6 Å². The molecule has 18 heavy (non-hydrogen) atoms. The lowest BCUT2D eigenvalue weighted by atomic mass is 9.78. The Labute approximate surface area is 112 Å². The number of hydrogen-bond acceptors (Lipinski definition) is 2. The van der Waals surface area contributed by atoms with Crippen LogP contribution in [-0.4, -0.2) is 23.9 Å². The highest BCUT2D eigenvalue weighted by Crippen LogP contribution is 2.34. The number of methoxy groups -OCH3 is 1. The summed E-state index contributed by atoms with van der Waals surface area (Å²) in [6.45, 7) is 0. The predicted molar refractivity (Wildman–Crippen MR) is 69.3 cm³/mol. The van der Waals surface area contributed by atoms with E-state index in [-0.39, 0.29) is 18.3 Å². The van der Waals surface area contributed by atoms with Gasteiger partial charge in [-0.15, -0.1) is 0 Å². The Balaban J connectivity index is 2.22. The van der Waals surface area contributed by atoms with Gasteiger partial charge in [0.25, 0.3) is 0 Å². The van der Waals surface area contributed by atoms with Crippen molar-refractivity contribution in [1.82, 2.24) is 0 Å². The molecule has 1 saturated carbocycles. The van der Waals surface area contributed by atoms with Crippen molar-refractivity contribution < 1.29 is 14.2 Å². The first-order valence-corrected chi connectivity index (χ1v) is 6.62. The summed E-state index contributed by atoms with van der Waals surface area (Å²) in [6.07, 6.45) is 3.45. The summed E-state index contributed by atoms with van der Waals surface area (Å²) in [7, 11) is 1.59. The lowest BCUT2D eigenvalue weighted by Crippen LogP contribution is -2.47. The molecule has 0 bridgehead atoms. The average Bonchev–Trinajstić information content (AvgIpc) is 2.34. The minimum atomic E-state index is -0.988. The molecule has 0 saturated heterocycles. The molecule has 100 valence electrons. The molecule has 1 aromatic rings. The second-order valence-electron chi connectivity index (χ2n) is 4.99. The average molecular weight is 273 g/mol. The van der Waals surface area contributed by atoms with Crippen LogP contribution in [-0.2, 0) is 11.2 Å². The van der Waals surface area contributed by atoms with Gasteiger partial charge in [0.1, 0.15) is 5.82 Å². The summed E-state index contributed by atoms with van der Waals surface area (Å²) in [6, 6.07) is 4.43. The largest absolute Gasteiger partial charge is 0.387 e. The zero-order chi connectivity index (χ0) is 13.2. The molecule has 1 fully saturated rings. The standard InChI is InChI=1S/C14H18ClFO2/c1-18-13-4-2-3-7-14(13,17)9-10-8-11(15)5-6-12(10)16/h5-6,8,13,17H,2-4,7,9H2,1H3. The molecule has 4 heteroatoms. The van der Waals surface area contributed by atoms with Gasteiger partial charge in [0.2, 0.25) is 0 Å². The molecule has 0 aliphatic heterocycles. The Morgan fingerprint density at radius 2 is 2.28 bits per heavy atom. The quantitative estimate of drug-likeness (QED) is 0.914. The first-order chi connectivity index (χ1) is 8.55. The van der Waals surface area contributed by atoms with E-state index in [9.17, 15) is 9.50 Å². The third kappa shape index (κ3) is 2.85. The monoisotopic (exact) mass is 272 g/mol. The fourth-order valence-electron chi connectivity index (χ4n) is 2.74. The van der Waals surface area contributed by atoms with Crippen LogP contribution in [0.5, 0.6) is 0 Å². The van der Waals surface area contributed by atoms with Crippen molar-refractivity contribution >= 4 is 11.6 Å². The van der Waals surface area contributed by atoms with Crippen molar-refractivity contribution in [2.24, 2.45) is 0 Å². The van der Waals surface area contributed by atoms with Crippen LogP contribution in [0.25, 0.3) is 0 Å². The first-order valence-electron chi connectivity index (χ1n) is 6.24. The third-order valence-corrected chi connectivity index (χ3v) is 3.95. The van der Waals surface area contributed by atoms with Crippen LogP contribution in [0.1, 0.15) is 31.2 Å². The highest BCUT2D eigenvalue weighted by atomic mass is 35.5. The zero-order valence-electron chi connectivity index (χ0n) is 10.5. The van der Waals surface area contributed by atoms with E-state index in [2.05, 4.69) is 0 Å². The first kappa shape index (κ1) is 13.8. The maximum Gasteiger partial charge on any atom is 0.126 e. The van der Waals surface area contributed by atoms with E-state index in [4.69, 9.17) is 16.3 Å². The normalized spacial score (nSPS) is 28.3. The van der Waals surface area contributed by atoms with Gasteiger partial charge in [0, 0.05) is 18.6 Å². The molecular weight excluding hydrogens is 255 g/mol. The molecule has 2 unspecified atom stereocenters. The van der Waals surface area contributed by atoms with Gasteiger partial charge in [-0.1, -0.05) is 24.4 Å². The SMILES string of the molecule is COC1CCCCC1(O)Cc1cc(Cl)ccc1F. The fourth-order valence-corrected chi connectivity index (χ4v) is 2.93. The van der Waals surface area contributed by atoms with E-state index in [1.165, 1.54) is 12.1 Å². The second kappa shape index (κ2) is 5.55. The summed E-state index contributed by atoms with van der Waals surface area (Å²) >= 11 is 5.87. The van der Waals surface area contributed by atoms with Crippen LogP contribution in [0.4, 0.5) is 4.39 Å². The van der Waals surface area contributed by atoms with Crippen molar-refractivity contribution in [3.8, 4) is 0 Å². The Hall–Kier alpha value is -0.640. The minimum Gasteiger partial charge on any atom is -0.387 e. The van der Waals surface area contributed by atoms with Crippen LogP contribution in [0.2, 0.25) is 5.02 Å². The Bertz CT molecular complexity index is 424. The van der Waals surface area contributed by atoms with E-state index < -0.39 is 5.60 Å². The third-order valence-electron chi connectivity index (χ3n) is 3.71. The number of ether oxygens (including phenoxy) is 1. The van der Waals surface area contributed by atoms with Gasteiger partial charge < -0.3 is 9.84 Å². The maximum atomic E-state index is 13.7. The Kier molecular flexibility index (Phi) is 4.25. The lowest BCUT2D eigenvalue weighted by Gasteiger charge is -2.39. The molecular formula is C14H18ClFO2.